The van der Waals surface area contributed by atoms with Crippen molar-refractivity contribution in [1.82, 2.24) is 0 Å². The van der Waals surface area contributed by atoms with Gasteiger partial charge < -0.3 is 19.9 Å². The van der Waals surface area contributed by atoms with Crippen LogP contribution in [0.4, 0.5) is 0 Å². The van der Waals surface area contributed by atoms with Crippen LogP contribution in [0.15, 0.2) is 17.1 Å². The van der Waals surface area contributed by atoms with Crippen molar-refractivity contribution in [2.24, 2.45) is 21.6 Å². The number of benzene rings is 1. The number of rotatable bonds is 8. The van der Waals surface area contributed by atoms with Gasteiger partial charge in [-0.3, -0.25) is 0 Å². The van der Waals surface area contributed by atoms with E-state index in [4.69, 9.17) is 24.9 Å². The molecule has 0 spiro atoms. The highest BCUT2D eigenvalue weighted by Crippen LogP contribution is 2.86. The Morgan fingerprint density at radius 2 is 1.59 bits per heavy atom. The van der Waals surface area contributed by atoms with Gasteiger partial charge in [-0.25, -0.2) is 4.99 Å². The Bertz CT molecular complexity index is 908. The fraction of sp³-hybridized carbons (Fsp3) is 0.550. The molecule has 3 unspecified atom stereocenters. The van der Waals surface area contributed by atoms with E-state index in [1.165, 1.54) is 0 Å². The first-order valence-corrected chi connectivity index (χ1v) is 11.2. The molecule has 3 rings (SSSR count). The van der Waals surface area contributed by atoms with E-state index in [2.05, 4.69) is 12.1 Å². The van der Waals surface area contributed by atoms with Gasteiger partial charge in [-0.2, -0.15) is 10.5 Å². The summed E-state index contributed by atoms with van der Waals surface area (Å²) in [6.45, 7) is 4.02. The summed E-state index contributed by atoms with van der Waals surface area (Å²) in [5, 5.41) is 20.7. The summed E-state index contributed by atoms with van der Waals surface area (Å²) in [6.07, 6.45) is 0. The number of nitriles is 2. The van der Waals surface area contributed by atoms with Crippen LogP contribution < -0.4 is 19.9 Å². The van der Waals surface area contributed by atoms with Crippen LogP contribution >= 0.6 is 23.5 Å². The van der Waals surface area contributed by atoms with Crippen LogP contribution in [0.2, 0.25) is 0 Å². The predicted octanol–water partition coefficient (Wildman–Crippen LogP) is 3.36. The quantitative estimate of drug-likeness (QED) is 0.622. The molecule has 1 aromatic carbocycles. The van der Waals surface area contributed by atoms with Gasteiger partial charge in [-0.15, -0.1) is 23.5 Å². The third kappa shape index (κ3) is 2.47. The molecule has 1 fully saturated rings. The molecule has 0 saturated heterocycles. The van der Waals surface area contributed by atoms with Gasteiger partial charge in [-0.05, 0) is 11.5 Å². The summed E-state index contributed by atoms with van der Waals surface area (Å²) >= 11 is 3.10. The summed E-state index contributed by atoms with van der Waals surface area (Å²) in [5.41, 5.74) is 4.66. The molecule has 2 N–H and O–H groups in total. The first kappa shape index (κ1) is 21.5. The number of methoxy groups -OCH3 is 3. The number of nitrogens with zero attached hydrogens (tertiary/aromatic N) is 3. The molecule has 0 bridgehead atoms. The summed E-state index contributed by atoms with van der Waals surface area (Å²) in [5.74, 6) is 2.69. The highest BCUT2D eigenvalue weighted by molar-refractivity contribution is 8.18. The monoisotopic (exact) mass is 432 g/mol. The van der Waals surface area contributed by atoms with Gasteiger partial charge in [0.25, 0.3) is 0 Å². The van der Waals surface area contributed by atoms with E-state index < -0.39 is 21.0 Å². The standard InChI is InChI=1S/C20H24N4O3S2/c1-6-28-20(29-7-2)19(11-22)16(18(19,10-21)17(23)24-20)15-13(26-4)8-12(25-3)9-14(15)27-5/h8-9,16H,6-7H2,1-5H3,(H2,23,24). The summed E-state index contributed by atoms with van der Waals surface area (Å²) in [6, 6.07) is 8.30. The van der Waals surface area contributed by atoms with Gasteiger partial charge in [0.15, 0.2) is 4.20 Å². The molecule has 0 amide bonds. The van der Waals surface area contributed by atoms with Crippen LogP contribution in [0.1, 0.15) is 25.3 Å². The molecule has 1 aromatic rings. The molecular formula is C20H24N4O3S2. The topological polar surface area (TPSA) is 114 Å². The number of fused-ring (bicyclic) bond motifs is 1. The SMILES string of the molecule is CCSC1(SCC)N=C(N)C2(C#N)C(c3c(OC)cc(OC)cc3OC)C12C#N. The molecular weight excluding hydrogens is 408 g/mol. The minimum atomic E-state index is -1.23. The maximum absolute atomic E-state index is 10.5. The second-order valence-corrected chi connectivity index (χ2v) is 9.84. The van der Waals surface area contributed by atoms with Crippen LogP contribution in [0, 0.1) is 33.5 Å². The smallest absolute Gasteiger partial charge is 0.175 e. The number of hydrogen-bond acceptors (Lipinski definition) is 9. The fourth-order valence-electron chi connectivity index (χ4n) is 4.50. The number of thioether (sulfide) groups is 2. The number of aliphatic imine (C=N–C) groups is 1. The molecule has 1 heterocycles. The molecule has 1 saturated carbocycles. The van der Waals surface area contributed by atoms with Crippen molar-refractivity contribution in [3.63, 3.8) is 0 Å². The molecule has 7 nitrogen and oxygen atoms in total. The molecule has 0 radical (unpaired) electrons. The van der Waals surface area contributed by atoms with Gasteiger partial charge in [0.2, 0.25) is 0 Å². The zero-order valence-electron chi connectivity index (χ0n) is 17.1. The maximum atomic E-state index is 10.5. The van der Waals surface area contributed by atoms with Crippen molar-refractivity contribution in [3.05, 3.63) is 17.7 Å². The highest BCUT2D eigenvalue weighted by atomic mass is 32.2. The third-order valence-corrected chi connectivity index (χ3v) is 8.54. The number of ether oxygens (including phenoxy) is 3. The third-order valence-electron chi connectivity index (χ3n) is 5.65. The van der Waals surface area contributed by atoms with Crippen LogP contribution in [-0.4, -0.2) is 42.9 Å². The summed E-state index contributed by atoms with van der Waals surface area (Å²) in [7, 11) is 4.64. The number of nitrogens with two attached hydrogens (primary N) is 1. The van der Waals surface area contributed by atoms with Crippen molar-refractivity contribution in [2.75, 3.05) is 32.8 Å². The van der Waals surface area contributed by atoms with Crippen LogP contribution in [0.5, 0.6) is 17.2 Å². The average Bonchev–Trinajstić information content (AvgIpc) is 3.30. The largest absolute Gasteiger partial charge is 0.496 e. The van der Waals surface area contributed by atoms with Crippen LogP contribution in [-0.2, 0) is 0 Å². The van der Waals surface area contributed by atoms with Crippen molar-refractivity contribution in [3.8, 4) is 29.4 Å². The highest BCUT2D eigenvalue weighted by Gasteiger charge is 2.92. The first-order chi connectivity index (χ1) is 13.9. The summed E-state index contributed by atoms with van der Waals surface area (Å²) in [4.78, 5) is 4.71. The van der Waals surface area contributed by atoms with Gasteiger partial charge in [0.1, 0.15) is 33.9 Å². The van der Waals surface area contributed by atoms with Crippen LogP contribution in [0.3, 0.4) is 0 Å². The lowest BCUT2D eigenvalue weighted by molar-refractivity contribution is 0.366. The zero-order valence-corrected chi connectivity index (χ0v) is 18.7. The molecule has 1 aliphatic carbocycles. The lowest BCUT2D eigenvalue weighted by Crippen LogP contribution is -2.31. The lowest BCUT2D eigenvalue weighted by Gasteiger charge is -2.31. The number of amidine groups is 1. The van der Waals surface area contributed by atoms with E-state index in [0.29, 0.717) is 22.8 Å². The van der Waals surface area contributed by atoms with Gasteiger partial charge in [0, 0.05) is 23.6 Å². The fourth-order valence-corrected chi connectivity index (χ4v) is 7.75. The molecule has 2 aliphatic rings. The normalized spacial score (nSPS) is 28.5. The Kier molecular flexibility index (Phi) is 5.59. The minimum absolute atomic E-state index is 0.202. The molecule has 9 heteroatoms. The van der Waals surface area contributed by atoms with Gasteiger partial charge in [-0.1, -0.05) is 13.8 Å². The Balaban J connectivity index is 2.32. The molecule has 1 aliphatic heterocycles. The Morgan fingerprint density at radius 3 is 1.97 bits per heavy atom. The average molecular weight is 433 g/mol. The maximum Gasteiger partial charge on any atom is 0.175 e. The second kappa shape index (κ2) is 7.55. The van der Waals surface area contributed by atoms with Crippen molar-refractivity contribution >= 4 is 29.4 Å². The Morgan fingerprint density at radius 1 is 1.03 bits per heavy atom. The van der Waals surface area contributed by atoms with Gasteiger partial charge in [0.05, 0.1) is 33.5 Å². The minimum Gasteiger partial charge on any atom is -0.496 e. The Hall–Kier alpha value is -2.23. The second-order valence-electron chi connectivity index (χ2n) is 6.66. The Labute approximate surface area is 179 Å². The van der Waals surface area contributed by atoms with E-state index in [1.807, 2.05) is 13.8 Å². The van der Waals surface area contributed by atoms with Crippen LogP contribution in [0.25, 0.3) is 0 Å². The van der Waals surface area contributed by atoms with Crippen molar-refractivity contribution < 1.29 is 14.2 Å². The molecule has 29 heavy (non-hydrogen) atoms. The predicted molar refractivity (Wildman–Crippen MR) is 116 cm³/mol. The van der Waals surface area contributed by atoms with E-state index in [0.717, 1.165) is 11.5 Å². The van der Waals surface area contributed by atoms with Crippen molar-refractivity contribution in [2.45, 2.75) is 24.0 Å². The molecule has 0 aromatic heterocycles. The lowest BCUT2D eigenvalue weighted by atomic mass is 9.97. The molecule has 3 atom stereocenters. The van der Waals surface area contributed by atoms with Gasteiger partial charge >= 0.3 is 0 Å². The van der Waals surface area contributed by atoms with E-state index in [-0.39, 0.29) is 5.84 Å². The molecule has 154 valence electrons. The zero-order chi connectivity index (χ0) is 21.4. The number of hydrogen-bond donors (Lipinski definition) is 1. The van der Waals surface area contributed by atoms with Crippen molar-refractivity contribution in [1.29, 1.82) is 10.5 Å². The summed E-state index contributed by atoms with van der Waals surface area (Å²) < 4.78 is 15.7. The van der Waals surface area contributed by atoms with E-state index in [1.54, 1.807) is 57.0 Å². The first-order valence-electron chi connectivity index (χ1n) is 9.19. The van der Waals surface area contributed by atoms with E-state index >= 15 is 0 Å². The van der Waals surface area contributed by atoms with E-state index in [9.17, 15) is 10.5 Å².